The third-order valence-electron chi connectivity index (χ3n) is 4.96. The SMILES string of the molecule is COc1ccc(C2NC(=O)c3sc4nc(C(F)(F)F)cc(-c5cccs5)c4c3N2)cc1. The fourth-order valence-electron chi connectivity index (χ4n) is 3.51. The summed E-state index contributed by atoms with van der Waals surface area (Å²) in [7, 11) is 1.56. The van der Waals surface area contributed by atoms with Crippen molar-refractivity contribution >= 4 is 44.5 Å². The summed E-state index contributed by atoms with van der Waals surface area (Å²) in [5.74, 6) is 0.319. The number of aromatic nitrogens is 1. The number of pyridine rings is 1. The van der Waals surface area contributed by atoms with Gasteiger partial charge in [0.15, 0.2) is 0 Å². The molecule has 5 rings (SSSR count). The summed E-state index contributed by atoms with van der Waals surface area (Å²) in [5.41, 5.74) is 0.709. The number of benzene rings is 1. The van der Waals surface area contributed by atoms with Gasteiger partial charge in [0.1, 0.15) is 27.3 Å². The van der Waals surface area contributed by atoms with Crippen LogP contribution in [-0.4, -0.2) is 18.0 Å². The van der Waals surface area contributed by atoms with E-state index in [-0.39, 0.29) is 10.7 Å². The zero-order chi connectivity index (χ0) is 21.8. The molecule has 0 saturated carbocycles. The standard InChI is InChI=1S/C21H14F3N3O2S2/c1-29-11-6-4-10(5-7-11)18-26-16-15-12(13-3-2-8-30-13)9-14(21(22,23)24)25-20(15)31-17(16)19(28)27-18/h2-9,18,26H,1H3,(H,27,28). The van der Waals surface area contributed by atoms with Crippen LogP contribution in [0.3, 0.4) is 0 Å². The number of hydrogen-bond donors (Lipinski definition) is 2. The molecule has 0 bridgehead atoms. The average Bonchev–Trinajstić information content (AvgIpc) is 3.41. The number of rotatable bonds is 3. The molecular weight excluding hydrogens is 447 g/mol. The van der Waals surface area contributed by atoms with E-state index in [4.69, 9.17) is 4.74 Å². The molecule has 0 radical (unpaired) electrons. The first-order valence-electron chi connectivity index (χ1n) is 9.15. The molecule has 0 aliphatic carbocycles. The van der Waals surface area contributed by atoms with Crippen LogP contribution >= 0.6 is 22.7 Å². The molecule has 4 heterocycles. The normalized spacial score (nSPS) is 16.0. The molecule has 3 aromatic heterocycles. The van der Waals surface area contributed by atoms with Crippen molar-refractivity contribution < 1.29 is 22.7 Å². The predicted octanol–water partition coefficient (Wildman–Crippen LogP) is 5.91. The summed E-state index contributed by atoms with van der Waals surface area (Å²) < 4.78 is 45.6. The summed E-state index contributed by atoms with van der Waals surface area (Å²) in [6, 6.07) is 11.8. The maximum atomic E-state index is 13.5. The molecule has 1 amide bonds. The van der Waals surface area contributed by atoms with Gasteiger partial charge in [0, 0.05) is 15.8 Å². The fraction of sp³-hybridized carbons (Fsp3) is 0.143. The molecule has 10 heteroatoms. The lowest BCUT2D eigenvalue weighted by molar-refractivity contribution is -0.140. The van der Waals surface area contributed by atoms with E-state index in [1.165, 1.54) is 11.3 Å². The Hall–Kier alpha value is -3.11. The smallest absolute Gasteiger partial charge is 0.433 e. The highest BCUT2D eigenvalue weighted by Gasteiger charge is 2.36. The molecule has 158 valence electrons. The number of halogens is 3. The molecule has 1 aliphatic heterocycles. The number of ether oxygens (including phenoxy) is 1. The van der Waals surface area contributed by atoms with Crippen molar-refractivity contribution in [3.8, 4) is 16.2 Å². The van der Waals surface area contributed by atoms with Crippen LogP contribution in [0.5, 0.6) is 5.75 Å². The Morgan fingerprint density at radius 1 is 1.13 bits per heavy atom. The molecule has 2 N–H and O–H groups in total. The first-order chi connectivity index (χ1) is 14.8. The number of fused-ring (bicyclic) bond motifs is 3. The molecule has 5 nitrogen and oxygen atoms in total. The molecule has 31 heavy (non-hydrogen) atoms. The molecule has 1 aliphatic rings. The maximum Gasteiger partial charge on any atom is 0.433 e. The monoisotopic (exact) mass is 461 g/mol. The number of carbonyl (C=O) groups excluding carboxylic acids is 1. The maximum absolute atomic E-state index is 13.5. The van der Waals surface area contributed by atoms with Crippen molar-refractivity contribution in [1.82, 2.24) is 10.3 Å². The van der Waals surface area contributed by atoms with E-state index >= 15 is 0 Å². The van der Waals surface area contributed by atoms with Crippen LogP contribution in [0.1, 0.15) is 27.1 Å². The van der Waals surface area contributed by atoms with E-state index in [1.807, 2.05) is 12.1 Å². The first kappa shape index (κ1) is 19.8. The summed E-state index contributed by atoms with van der Waals surface area (Å²) in [5, 5.41) is 8.46. The van der Waals surface area contributed by atoms with Crippen molar-refractivity contribution in [3.63, 3.8) is 0 Å². The molecule has 1 unspecified atom stereocenters. The topological polar surface area (TPSA) is 63.2 Å². The number of carbonyl (C=O) groups is 1. The molecule has 1 atom stereocenters. The number of anilines is 1. The molecule has 1 aromatic carbocycles. The Labute approximate surface area is 182 Å². The third kappa shape index (κ3) is 3.41. The molecule has 0 spiro atoms. The van der Waals surface area contributed by atoms with Crippen LogP contribution in [0.25, 0.3) is 20.7 Å². The van der Waals surface area contributed by atoms with Gasteiger partial charge in [0.25, 0.3) is 5.91 Å². The zero-order valence-corrected chi connectivity index (χ0v) is 17.5. The van der Waals surface area contributed by atoms with Crippen molar-refractivity contribution in [3.05, 3.63) is 64.0 Å². The summed E-state index contributed by atoms with van der Waals surface area (Å²) in [6.07, 6.45) is -5.13. The minimum Gasteiger partial charge on any atom is -0.497 e. The third-order valence-corrected chi connectivity index (χ3v) is 6.94. The molecule has 4 aromatic rings. The minimum atomic E-state index is -4.59. The molecule has 0 saturated heterocycles. The first-order valence-corrected chi connectivity index (χ1v) is 10.8. The molecule has 0 fully saturated rings. The Balaban J connectivity index is 1.68. The minimum absolute atomic E-state index is 0.168. The van der Waals surface area contributed by atoms with E-state index < -0.39 is 18.0 Å². The average molecular weight is 461 g/mol. The lowest BCUT2D eigenvalue weighted by Crippen LogP contribution is -2.37. The number of hydrogen-bond acceptors (Lipinski definition) is 6. The van der Waals surface area contributed by atoms with Gasteiger partial charge in [0.2, 0.25) is 0 Å². The second kappa shape index (κ2) is 7.24. The highest BCUT2D eigenvalue weighted by atomic mass is 32.1. The fourth-order valence-corrected chi connectivity index (χ4v) is 5.32. The number of alkyl halides is 3. The van der Waals surface area contributed by atoms with Crippen LogP contribution in [0.15, 0.2) is 47.8 Å². The van der Waals surface area contributed by atoms with Crippen molar-refractivity contribution in [2.45, 2.75) is 12.3 Å². The lowest BCUT2D eigenvalue weighted by atomic mass is 10.0. The van der Waals surface area contributed by atoms with Gasteiger partial charge in [-0.25, -0.2) is 4.98 Å². The highest BCUT2D eigenvalue weighted by molar-refractivity contribution is 7.21. The van der Waals surface area contributed by atoms with Crippen molar-refractivity contribution in [2.75, 3.05) is 12.4 Å². The predicted molar refractivity (Wildman–Crippen MR) is 115 cm³/mol. The van der Waals surface area contributed by atoms with E-state index in [1.54, 1.807) is 36.8 Å². The van der Waals surface area contributed by atoms with Gasteiger partial charge in [0.05, 0.1) is 12.8 Å². The second-order valence-corrected chi connectivity index (χ2v) is 8.79. The Morgan fingerprint density at radius 3 is 2.55 bits per heavy atom. The Morgan fingerprint density at radius 2 is 1.90 bits per heavy atom. The Kier molecular flexibility index (Phi) is 4.63. The van der Waals surface area contributed by atoms with Gasteiger partial charge < -0.3 is 15.4 Å². The number of thiophene rings is 2. The Bertz CT molecular complexity index is 1280. The molecular formula is C21H14F3N3O2S2. The number of methoxy groups -OCH3 is 1. The van der Waals surface area contributed by atoms with Crippen LogP contribution in [0.4, 0.5) is 18.9 Å². The van der Waals surface area contributed by atoms with E-state index in [9.17, 15) is 18.0 Å². The van der Waals surface area contributed by atoms with Gasteiger partial charge >= 0.3 is 6.18 Å². The van der Waals surface area contributed by atoms with Gasteiger partial charge in [-0.2, -0.15) is 13.2 Å². The van der Waals surface area contributed by atoms with Crippen LogP contribution in [0, 0.1) is 0 Å². The number of amides is 1. The van der Waals surface area contributed by atoms with Crippen LogP contribution in [0.2, 0.25) is 0 Å². The van der Waals surface area contributed by atoms with Gasteiger partial charge in [-0.1, -0.05) is 18.2 Å². The lowest BCUT2D eigenvalue weighted by Gasteiger charge is -2.26. The van der Waals surface area contributed by atoms with Gasteiger partial charge in [-0.05, 0) is 35.2 Å². The van der Waals surface area contributed by atoms with Crippen molar-refractivity contribution in [2.24, 2.45) is 0 Å². The largest absolute Gasteiger partial charge is 0.497 e. The number of nitrogens with zero attached hydrogens (tertiary/aromatic N) is 1. The van der Waals surface area contributed by atoms with Gasteiger partial charge in [-0.15, -0.1) is 22.7 Å². The van der Waals surface area contributed by atoms with E-state index in [0.717, 1.165) is 23.0 Å². The van der Waals surface area contributed by atoms with E-state index in [2.05, 4.69) is 15.6 Å². The second-order valence-electron chi connectivity index (χ2n) is 6.84. The zero-order valence-electron chi connectivity index (χ0n) is 15.9. The highest BCUT2D eigenvalue weighted by Crippen LogP contribution is 2.46. The van der Waals surface area contributed by atoms with Crippen molar-refractivity contribution in [1.29, 1.82) is 0 Å². The van der Waals surface area contributed by atoms with Crippen LogP contribution in [-0.2, 0) is 6.18 Å². The summed E-state index contributed by atoms with van der Waals surface area (Å²) >= 11 is 2.29. The quantitative estimate of drug-likeness (QED) is 0.398. The summed E-state index contributed by atoms with van der Waals surface area (Å²) in [4.78, 5) is 17.8. The number of nitrogens with one attached hydrogen (secondary N) is 2. The van der Waals surface area contributed by atoms with Crippen LogP contribution < -0.4 is 15.4 Å². The van der Waals surface area contributed by atoms with Gasteiger partial charge in [-0.3, -0.25) is 4.79 Å². The summed E-state index contributed by atoms with van der Waals surface area (Å²) in [6.45, 7) is 0. The van der Waals surface area contributed by atoms with E-state index in [0.29, 0.717) is 32.1 Å².